The average molecular weight is 258 g/mol. The standard InChI is InChI=1S/C12H22N2O4/c1-14(8-5-9-18-2)11(17)13-12(10(15)16)6-3-4-7-12/h3-9H2,1-2H3,(H,13,17)(H,15,16). The molecule has 6 heteroatoms. The summed E-state index contributed by atoms with van der Waals surface area (Å²) in [6.45, 7) is 1.14. The number of aliphatic carboxylic acids is 1. The zero-order valence-corrected chi connectivity index (χ0v) is 11.1. The predicted octanol–water partition coefficient (Wildman–Crippen LogP) is 1.06. The molecular formula is C12H22N2O4. The Morgan fingerprint density at radius 1 is 1.39 bits per heavy atom. The molecule has 1 aliphatic carbocycles. The van der Waals surface area contributed by atoms with Gasteiger partial charge in [-0.1, -0.05) is 12.8 Å². The van der Waals surface area contributed by atoms with E-state index < -0.39 is 11.5 Å². The predicted molar refractivity (Wildman–Crippen MR) is 66.5 cm³/mol. The van der Waals surface area contributed by atoms with E-state index >= 15 is 0 Å². The van der Waals surface area contributed by atoms with Gasteiger partial charge in [0, 0.05) is 27.3 Å². The molecule has 1 aliphatic rings. The molecule has 104 valence electrons. The van der Waals surface area contributed by atoms with Crippen LogP contribution < -0.4 is 5.32 Å². The molecule has 0 heterocycles. The van der Waals surface area contributed by atoms with Gasteiger partial charge in [-0.15, -0.1) is 0 Å². The van der Waals surface area contributed by atoms with Crippen molar-refractivity contribution in [1.82, 2.24) is 10.2 Å². The number of hydrogen-bond acceptors (Lipinski definition) is 3. The van der Waals surface area contributed by atoms with E-state index in [4.69, 9.17) is 4.74 Å². The van der Waals surface area contributed by atoms with E-state index in [1.807, 2.05) is 0 Å². The Morgan fingerprint density at radius 2 is 2.00 bits per heavy atom. The summed E-state index contributed by atoms with van der Waals surface area (Å²) in [5.74, 6) is -0.932. The number of carboxylic acid groups (broad SMARTS) is 1. The number of amides is 2. The highest BCUT2D eigenvalue weighted by atomic mass is 16.5. The summed E-state index contributed by atoms with van der Waals surface area (Å²) in [7, 11) is 3.27. The van der Waals surface area contributed by atoms with Gasteiger partial charge in [0.1, 0.15) is 5.54 Å². The number of carboxylic acids is 1. The minimum absolute atomic E-state index is 0.324. The van der Waals surface area contributed by atoms with Crippen LogP contribution in [0.5, 0.6) is 0 Å². The van der Waals surface area contributed by atoms with Crippen molar-refractivity contribution in [3.63, 3.8) is 0 Å². The van der Waals surface area contributed by atoms with Crippen LogP contribution in [0.15, 0.2) is 0 Å². The maximum atomic E-state index is 11.9. The Hall–Kier alpha value is -1.30. The van der Waals surface area contributed by atoms with Gasteiger partial charge in [-0.3, -0.25) is 0 Å². The monoisotopic (exact) mass is 258 g/mol. The van der Waals surface area contributed by atoms with Gasteiger partial charge in [-0.25, -0.2) is 9.59 Å². The first kappa shape index (κ1) is 14.8. The van der Waals surface area contributed by atoms with Crippen molar-refractivity contribution < 1.29 is 19.4 Å². The second kappa shape index (κ2) is 6.58. The summed E-state index contributed by atoms with van der Waals surface area (Å²) in [5, 5.41) is 11.9. The van der Waals surface area contributed by atoms with Crippen LogP contribution in [0.25, 0.3) is 0 Å². The molecule has 0 aromatic carbocycles. The lowest BCUT2D eigenvalue weighted by molar-refractivity contribution is -0.144. The molecule has 0 aromatic rings. The highest BCUT2D eigenvalue weighted by molar-refractivity contribution is 5.86. The van der Waals surface area contributed by atoms with Crippen LogP contribution in [0.1, 0.15) is 32.1 Å². The lowest BCUT2D eigenvalue weighted by atomic mass is 9.98. The Bertz CT molecular complexity index is 300. The third-order valence-corrected chi connectivity index (χ3v) is 3.40. The van der Waals surface area contributed by atoms with E-state index in [-0.39, 0.29) is 6.03 Å². The van der Waals surface area contributed by atoms with Gasteiger partial charge in [0.15, 0.2) is 0 Å². The molecule has 0 saturated heterocycles. The molecule has 0 aromatic heterocycles. The van der Waals surface area contributed by atoms with Crippen LogP contribution in [0.2, 0.25) is 0 Å². The SMILES string of the molecule is COCCCN(C)C(=O)NC1(C(=O)O)CCCC1. The number of nitrogens with one attached hydrogen (secondary N) is 1. The second-order valence-corrected chi connectivity index (χ2v) is 4.79. The number of rotatable bonds is 6. The quantitative estimate of drug-likeness (QED) is 0.698. The molecule has 1 rings (SSSR count). The average Bonchev–Trinajstić information content (AvgIpc) is 2.79. The zero-order chi connectivity index (χ0) is 13.6. The third kappa shape index (κ3) is 3.60. The first-order chi connectivity index (χ1) is 8.52. The summed E-state index contributed by atoms with van der Waals surface area (Å²) >= 11 is 0. The van der Waals surface area contributed by atoms with Crippen molar-refractivity contribution in [1.29, 1.82) is 0 Å². The summed E-state index contributed by atoms with van der Waals surface area (Å²) in [6.07, 6.45) is 3.46. The van der Waals surface area contributed by atoms with Crippen LogP contribution in [0.3, 0.4) is 0 Å². The fourth-order valence-electron chi connectivity index (χ4n) is 2.22. The van der Waals surface area contributed by atoms with Crippen molar-refractivity contribution in [2.45, 2.75) is 37.6 Å². The summed E-state index contributed by atoms with van der Waals surface area (Å²) in [6, 6.07) is -0.324. The molecule has 1 saturated carbocycles. The molecule has 0 atom stereocenters. The van der Waals surface area contributed by atoms with E-state index in [1.165, 1.54) is 4.90 Å². The number of carbonyl (C=O) groups excluding carboxylic acids is 1. The largest absolute Gasteiger partial charge is 0.480 e. The summed E-state index contributed by atoms with van der Waals surface area (Å²) in [5.41, 5.74) is -1.06. The fraction of sp³-hybridized carbons (Fsp3) is 0.833. The maximum Gasteiger partial charge on any atom is 0.329 e. The van der Waals surface area contributed by atoms with Gasteiger partial charge < -0.3 is 20.1 Å². The van der Waals surface area contributed by atoms with Crippen molar-refractivity contribution in [2.75, 3.05) is 27.3 Å². The van der Waals surface area contributed by atoms with E-state index in [2.05, 4.69) is 5.32 Å². The van der Waals surface area contributed by atoms with E-state index in [9.17, 15) is 14.7 Å². The van der Waals surface area contributed by atoms with E-state index in [1.54, 1.807) is 14.2 Å². The molecule has 0 aliphatic heterocycles. The first-order valence-corrected chi connectivity index (χ1v) is 6.27. The fourth-order valence-corrected chi connectivity index (χ4v) is 2.22. The summed E-state index contributed by atoms with van der Waals surface area (Å²) in [4.78, 5) is 24.7. The summed E-state index contributed by atoms with van der Waals surface area (Å²) < 4.78 is 4.91. The van der Waals surface area contributed by atoms with Crippen molar-refractivity contribution in [3.05, 3.63) is 0 Å². The number of nitrogens with zero attached hydrogens (tertiary/aromatic N) is 1. The van der Waals surface area contributed by atoms with Gasteiger partial charge in [0.05, 0.1) is 0 Å². The van der Waals surface area contributed by atoms with Gasteiger partial charge >= 0.3 is 12.0 Å². The minimum atomic E-state index is -1.06. The molecule has 0 spiro atoms. The molecule has 0 unspecified atom stereocenters. The number of ether oxygens (including phenoxy) is 1. The Kier molecular flexibility index (Phi) is 5.40. The smallest absolute Gasteiger partial charge is 0.329 e. The highest BCUT2D eigenvalue weighted by Gasteiger charge is 2.43. The van der Waals surface area contributed by atoms with Crippen LogP contribution >= 0.6 is 0 Å². The number of methoxy groups -OCH3 is 1. The van der Waals surface area contributed by atoms with Crippen LogP contribution in [0.4, 0.5) is 4.79 Å². The maximum absolute atomic E-state index is 11.9. The van der Waals surface area contributed by atoms with Crippen LogP contribution in [0, 0.1) is 0 Å². The van der Waals surface area contributed by atoms with Crippen molar-refractivity contribution >= 4 is 12.0 Å². The highest BCUT2D eigenvalue weighted by Crippen LogP contribution is 2.30. The van der Waals surface area contributed by atoms with Crippen LogP contribution in [-0.4, -0.2) is 54.9 Å². The van der Waals surface area contributed by atoms with Crippen molar-refractivity contribution in [3.8, 4) is 0 Å². The lowest BCUT2D eigenvalue weighted by Crippen LogP contribution is -2.55. The van der Waals surface area contributed by atoms with Gasteiger partial charge in [0.25, 0.3) is 0 Å². The van der Waals surface area contributed by atoms with Gasteiger partial charge in [0.2, 0.25) is 0 Å². The number of carbonyl (C=O) groups is 2. The third-order valence-electron chi connectivity index (χ3n) is 3.40. The Morgan fingerprint density at radius 3 is 2.50 bits per heavy atom. The molecule has 0 bridgehead atoms. The molecular weight excluding hydrogens is 236 g/mol. The second-order valence-electron chi connectivity index (χ2n) is 4.79. The lowest BCUT2D eigenvalue weighted by Gasteiger charge is -2.28. The van der Waals surface area contributed by atoms with Crippen molar-refractivity contribution in [2.24, 2.45) is 0 Å². The molecule has 2 N–H and O–H groups in total. The molecule has 18 heavy (non-hydrogen) atoms. The van der Waals surface area contributed by atoms with E-state index in [0.29, 0.717) is 26.0 Å². The molecule has 1 fully saturated rings. The Labute approximate surface area is 107 Å². The van der Waals surface area contributed by atoms with Gasteiger partial charge in [-0.2, -0.15) is 0 Å². The molecule has 0 radical (unpaired) electrons. The topological polar surface area (TPSA) is 78.9 Å². The van der Waals surface area contributed by atoms with Crippen LogP contribution in [-0.2, 0) is 9.53 Å². The molecule has 2 amide bonds. The number of hydrogen-bond donors (Lipinski definition) is 2. The normalized spacial score (nSPS) is 17.4. The minimum Gasteiger partial charge on any atom is -0.480 e. The van der Waals surface area contributed by atoms with E-state index in [0.717, 1.165) is 19.3 Å². The number of urea groups is 1. The Balaban J connectivity index is 2.49. The first-order valence-electron chi connectivity index (χ1n) is 6.27. The zero-order valence-electron chi connectivity index (χ0n) is 11.1. The van der Waals surface area contributed by atoms with Gasteiger partial charge in [-0.05, 0) is 19.3 Å². The molecule has 6 nitrogen and oxygen atoms in total.